The molecule has 2 aromatic heterocycles. The Labute approximate surface area is 116 Å². The quantitative estimate of drug-likeness (QED) is 0.735. The normalized spacial score (nSPS) is 15.7. The van der Waals surface area contributed by atoms with Gasteiger partial charge in [0.15, 0.2) is 5.65 Å². The van der Waals surface area contributed by atoms with Gasteiger partial charge < -0.3 is 0 Å². The smallest absolute Gasteiger partial charge is 0.171 e. The summed E-state index contributed by atoms with van der Waals surface area (Å²) in [6, 6.07) is 1.62. The van der Waals surface area contributed by atoms with Crippen molar-refractivity contribution in [2.45, 2.75) is 12.8 Å². The van der Waals surface area contributed by atoms with Crippen LogP contribution in [0.15, 0.2) is 34.7 Å². The van der Waals surface area contributed by atoms with Crippen molar-refractivity contribution < 1.29 is 4.39 Å². The van der Waals surface area contributed by atoms with Crippen molar-refractivity contribution in [1.82, 2.24) is 14.6 Å². The summed E-state index contributed by atoms with van der Waals surface area (Å²) in [7, 11) is 0. The van der Waals surface area contributed by atoms with Crippen LogP contribution < -0.4 is 0 Å². The molecule has 0 radical (unpaired) electrons. The monoisotopic (exact) mass is 327 g/mol. The van der Waals surface area contributed by atoms with Gasteiger partial charge in [-0.15, -0.1) is 0 Å². The highest BCUT2D eigenvalue weighted by molar-refractivity contribution is 9.10. The summed E-state index contributed by atoms with van der Waals surface area (Å²) in [4.78, 5) is 4.39. The van der Waals surface area contributed by atoms with Crippen LogP contribution in [0.2, 0.25) is 5.15 Å². The Hall–Kier alpha value is -1.20. The molecule has 0 atom stereocenters. The minimum absolute atomic E-state index is 0.246. The summed E-state index contributed by atoms with van der Waals surface area (Å²) in [5.74, 6) is -0.246. The maximum absolute atomic E-state index is 13.8. The number of rotatable bonds is 1. The third-order valence-electron chi connectivity index (χ3n) is 2.76. The summed E-state index contributed by atoms with van der Waals surface area (Å²) in [5.41, 5.74) is 1.61. The van der Waals surface area contributed by atoms with Crippen LogP contribution in [0, 0.1) is 0 Å². The molecule has 6 heteroatoms. The van der Waals surface area contributed by atoms with Crippen molar-refractivity contribution in [3.63, 3.8) is 0 Å². The number of hydrogen-bond donors (Lipinski definition) is 0. The van der Waals surface area contributed by atoms with Crippen molar-refractivity contribution in [2.24, 2.45) is 0 Å². The second-order valence-electron chi connectivity index (χ2n) is 3.94. The number of aromatic nitrogens is 3. The number of nitrogens with zero attached hydrogens (tertiary/aromatic N) is 3. The van der Waals surface area contributed by atoms with Crippen molar-refractivity contribution in [2.75, 3.05) is 0 Å². The van der Waals surface area contributed by atoms with Gasteiger partial charge in [0.05, 0.1) is 16.4 Å². The molecule has 3 nitrogen and oxygen atoms in total. The zero-order valence-corrected chi connectivity index (χ0v) is 11.5. The van der Waals surface area contributed by atoms with Crippen molar-refractivity contribution >= 4 is 38.8 Å². The minimum atomic E-state index is -0.246. The van der Waals surface area contributed by atoms with E-state index < -0.39 is 0 Å². The van der Waals surface area contributed by atoms with Crippen molar-refractivity contribution in [3.8, 4) is 0 Å². The standard InChI is InChI=1S/C12H8BrClFN3/c13-8-6-16-18-11(14)5-10(17-12(8)18)7-3-1-2-4-9(7)15/h3-6H,1-2H2. The van der Waals surface area contributed by atoms with Crippen LogP contribution in [0.1, 0.15) is 18.5 Å². The molecular weight excluding hydrogens is 321 g/mol. The van der Waals surface area contributed by atoms with Gasteiger partial charge in [0.2, 0.25) is 0 Å². The predicted molar refractivity (Wildman–Crippen MR) is 72.1 cm³/mol. The Morgan fingerprint density at radius 2 is 2.11 bits per heavy atom. The van der Waals surface area contributed by atoms with Gasteiger partial charge in [0, 0.05) is 11.6 Å². The highest BCUT2D eigenvalue weighted by Gasteiger charge is 2.15. The molecule has 1 aliphatic carbocycles. The molecule has 0 aliphatic heterocycles. The van der Waals surface area contributed by atoms with E-state index in [1.165, 1.54) is 4.52 Å². The van der Waals surface area contributed by atoms with E-state index in [-0.39, 0.29) is 5.83 Å². The first kappa shape index (κ1) is 11.9. The maximum atomic E-state index is 13.8. The molecule has 0 spiro atoms. The van der Waals surface area contributed by atoms with Crippen LogP contribution in [-0.4, -0.2) is 14.6 Å². The number of allylic oxidation sites excluding steroid dienone is 4. The van der Waals surface area contributed by atoms with E-state index >= 15 is 0 Å². The minimum Gasteiger partial charge on any atom is -0.227 e. The number of hydrogen-bond acceptors (Lipinski definition) is 2. The van der Waals surface area contributed by atoms with Gasteiger partial charge in [-0.25, -0.2) is 13.9 Å². The second-order valence-corrected chi connectivity index (χ2v) is 5.18. The molecule has 0 N–H and O–H groups in total. The first-order valence-electron chi connectivity index (χ1n) is 5.43. The molecule has 92 valence electrons. The van der Waals surface area contributed by atoms with Crippen LogP contribution in [0.25, 0.3) is 11.2 Å². The molecule has 0 saturated heterocycles. The van der Waals surface area contributed by atoms with E-state index in [9.17, 15) is 4.39 Å². The molecule has 0 bridgehead atoms. The first-order chi connectivity index (χ1) is 8.66. The summed E-state index contributed by atoms with van der Waals surface area (Å²) >= 11 is 9.45. The van der Waals surface area contributed by atoms with Crippen LogP contribution in [0.3, 0.4) is 0 Å². The van der Waals surface area contributed by atoms with Gasteiger partial charge in [0.1, 0.15) is 11.0 Å². The fourth-order valence-corrected chi connectivity index (χ4v) is 2.48. The summed E-state index contributed by atoms with van der Waals surface area (Å²) in [6.45, 7) is 0. The highest BCUT2D eigenvalue weighted by Crippen LogP contribution is 2.30. The maximum Gasteiger partial charge on any atom is 0.171 e. The Balaban J connectivity index is 2.21. The van der Waals surface area contributed by atoms with Crippen molar-refractivity contribution in [1.29, 1.82) is 0 Å². The lowest BCUT2D eigenvalue weighted by Crippen LogP contribution is -1.99. The van der Waals surface area contributed by atoms with Crippen LogP contribution in [-0.2, 0) is 0 Å². The van der Waals surface area contributed by atoms with Gasteiger partial charge >= 0.3 is 0 Å². The molecule has 0 saturated carbocycles. The third kappa shape index (κ3) is 1.87. The Morgan fingerprint density at radius 3 is 2.89 bits per heavy atom. The topological polar surface area (TPSA) is 30.2 Å². The molecule has 2 heterocycles. The van der Waals surface area contributed by atoms with E-state index in [2.05, 4.69) is 26.0 Å². The molecule has 18 heavy (non-hydrogen) atoms. The van der Waals surface area contributed by atoms with E-state index in [0.717, 1.165) is 17.3 Å². The fourth-order valence-electron chi connectivity index (χ4n) is 1.91. The van der Waals surface area contributed by atoms with Crippen molar-refractivity contribution in [3.05, 3.63) is 45.6 Å². The summed E-state index contributed by atoms with van der Waals surface area (Å²) < 4.78 is 16.0. The number of fused-ring (bicyclic) bond motifs is 1. The molecule has 2 aromatic rings. The predicted octanol–water partition coefficient (Wildman–Crippen LogP) is 4.18. The molecule has 1 aliphatic rings. The molecule has 0 amide bonds. The Kier molecular flexibility index (Phi) is 2.95. The van der Waals surface area contributed by atoms with E-state index in [0.29, 0.717) is 22.1 Å². The highest BCUT2D eigenvalue weighted by atomic mass is 79.9. The zero-order chi connectivity index (χ0) is 12.7. The lowest BCUT2D eigenvalue weighted by Gasteiger charge is -2.10. The summed E-state index contributed by atoms with van der Waals surface area (Å²) in [6.07, 6.45) is 6.56. The molecule has 0 fully saturated rings. The molecular formula is C12H8BrClFN3. The second kappa shape index (κ2) is 4.48. The number of halogens is 3. The summed E-state index contributed by atoms with van der Waals surface area (Å²) in [5, 5.41) is 4.47. The van der Waals surface area contributed by atoms with E-state index in [4.69, 9.17) is 11.6 Å². The van der Waals surface area contributed by atoms with Gasteiger partial charge in [-0.3, -0.25) is 0 Å². The average Bonchev–Trinajstić information content (AvgIpc) is 2.72. The van der Waals surface area contributed by atoms with E-state index in [1.807, 2.05) is 6.08 Å². The Bertz CT molecular complexity index is 690. The van der Waals surface area contributed by atoms with Gasteiger partial charge in [-0.2, -0.15) is 5.10 Å². The SMILES string of the molecule is FC1=CCCC=C1c1cc(Cl)n2ncc(Br)c2n1. The zero-order valence-electron chi connectivity index (χ0n) is 9.20. The molecule has 0 aromatic carbocycles. The molecule has 3 rings (SSSR count). The van der Waals surface area contributed by atoms with Gasteiger partial charge in [0.25, 0.3) is 0 Å². The lowest BCUT2D eigenvalue weighted by atomic mass is 10.0. The van der Waals surface area contributed by atoms with Crippen LogP contribution in [0.5, 0.6) is 0 Å². The first-order valence-corrected chi connectivity index (χ1v) is 6.60. The molecule has 0 unspecified atom stereocenters. The van der Waals surface area contributed by atoms with Crippen LogP contribution >= 0.6 is 27.5 Å². The van der Waals surface area contributed by atoms with E-state index in [1.54, 1.807) is 18.3 Å². The Morgan fingerprint density at radius 1 is 1.33 bits per heavy atom. The third-order valence-corrected chi connectivity index (χ3v) is 3.59. The van der Waals surface area contributed by atoms with Gasteiger partial charge in [-0.1, -0.05) is 17.7 Å². The lowest BCUT2D eigenvalue weighted by molar-refractivity contribution is 0.659. The average molecular weight is 329 g/mol. The fraction of sp³-hybridized carbons (Fsp3) is 0.167. The van der Waals surface area contributed by atoms with Crippen LogP contribution in [0.4, 0.5) is 4.39 Å². The largest absolute Gasteiger partial charge is 0.227 e. The van der Waals surface area contributed by atoms with Gasteiger partial charge in [-0.05, 0) is 34.8 Å².